The van der Waals surface area contributed by atoms with Gasteiger partial charge in [0.2, 0.25) is 0 Å². The number of benzene rings is 1. The van der Waals surface area contributed by atoms with E-state index in [0.717, 1.165) is 0 Å². The maximum Gasteiger partial charge on any atom is 0.353 e. The summed E-state index contributed by atoms with van der Waals surface area (Å²) < 4.78 is 5.11. The average Bonchev–Trinajstić information content (AvgIpc) is 2.37. The minimum atomic E-state index is -1.01. The molecule has 0 heterocycles. The van der Waals surface area contributed by atoms with Crippen molar-refractivity contribution in [3.05, 3.63) is 28.2 Å². The molecule has 0 spiro atoms. The lowest BCUT2D eigenvalue weighted by Gasteiger charge is -2.16. The number of hydrogen-bond acceptors (Lipinski definition) is 5. The van der Waals surface area contributed by atoms with Crippen LogP contribution < -0.4 is 5.01 Å². The van der Waals surface area contributed by atoms with E-state index in [1.165, 1.54) is 31.2 Å². The molecule has 1 N–H and O–H groups in total. The van der Waals surface area contributed by atoms with Gasteiger partial charge in [-0.25, -0.2) is 9.59 Å². The highest BCUT2D eigenvalue weighted by molar-refractivity contribution is 9.10. The fourth-order valence-electron chi connectivity index (χ4n) is 1.37. The van der Waals surface area contributed by atoms with Crippen LogP contribution in [0.15, 0.2) is 27.8 Å². The number of aromatic carboxylic acids is 1. The van der Waals surface area contributed by atoms with E-state index in [2.05, 4.69) is 25.8 Å². The Labute approximate surface area is 118 Å². The van der Waals surface area contributed by atoms with E-state index in [4.69, 9.17) is 5.11 Å². The molecule has 0 radical (unpaired) electrons. The SMILES string of the molecule is COC(=O)C(C)=NN(C)c1ccc(C(=O)O)cc1Br. The van der Waals surface area contributed by atoms with Crippen LogP contribution in [0.2, 0.25) is 0 Å². The fourth-order valence-corrected chi connectivity index (χ4v) is 2.01. The predicted octanol–water partition coefficient (Wildman–Crippen LogP) is 2.13. The Kier molecular flexibility index (Phi) is 5.05. The largest absolute Gasteiger partial charge is 0.478 e. The number of carboxylic acid groups (broad SMARTS) is 1. The molecule has 0 atom stereocenters. The number of nitrogens with zero attached hydrogens (tertiary/aromatic N) is 2. The minimum Gasteiger partial charge on any atom is -0.478 e. The van der Waals surface area contributed by atoms with Crippen molar-refractivity contribution in [2.24, 2.45) is 5.10 Å². The molecule has 0 saturated carbocycles. The Hall–Kier alpha value is -1.89. The van der Waals surface area contributed by atoms with Crippen LogP contribution in [0.4, 0.5) is 5.69 Å². The molecule has 1 rings (SSSR count). The molecule has 0 saturated heterocycles. The smallest absolute Gasteiger partial charge is 0.353 e. The summed E-state index contributed by atoms with van der Waals surface area (Å²) in [5.74, 6) is -1.53. The quantitative estimate of drug-likeness (QED) is 0.520. The molecule has 0 amide bonds. The first kappa shape index (κ1) is 15.2. The van der Waals surface area contributed by atoms with Gasteiger partial charge in [0, 0.05) is 11.5 Å². The third kappa shape index (κ3) is 3.78. The summed E-state index contributed by atoms with van der Waals surface area (Å²) in [6.45, 7) is 1.53. The van der Waals surface area contributed by atoms with Gasteiger partial charge in [-0.2, -0.15) is 5.10 Å². The van der Waals surface area contributed by atoms with E-state index in [-0.39, 0.29) is 11.3 Å². The summed E-state index contributed by atoms with van der Waals surface area (Å²) in [4.78, 5) is 22.1. The molecule has 0 aliphatic carbocycles. The highest BCUT2D eigenvalue weighted by Gasteiger charge is 2.11. The molecule has 0 aliphatic heterocycles. The third-order valence-electron chi connectivity index (χ3n) is 2.32. The molecule has 102 valence electrons. The van der Waals surface area contributed by atoms with Gasteiger partial charge in [-0.15, -0.1) is 0 Å². The Morgan fingerprint density at radius 1 is 1.42 bits per heavy atom. The van der Waals surface area contributed by atoms with Crippen LogP contribution in [0.3, 0.4) is 0 Å². The van der Waals surface area contributed by atoms with Crippen molar-refractivity contribution in [3.63, 3.8) is 0 Å². The van der Waals surface area contributed by atoms with E-state index in [9.17, 15) is 9.59 Å². The van der Waals surface area contributed by atoms with Crippen LogP contribution >= 0.6 is 15.9 Å². The first-order chi connectivity index (χ1) is 8.86. The van der Waals surface area contributed by atoms with E-state index >= 15 is 0 Å². The number of halogens is 1. The maximum atomic E-state index is 11.2. The molecule has 19 heavy (non-hydrogen) atoms. The van der Waals surface area contributed by atoms with Crippen LogP contribution in [-0.4, -0.2) is 36.9 Å². The molecule has 0 fully saturated rings. The Morgan fingerprint density at radius 3 is 2.53 bits per heavy atom. The van der Waals surface area contributed by atoms with Crippen molar-refractivity contribution in [2.75, 3.05) is 19.2 Å². The minimum absolute atomic E-state index is 0.165. The molecule has 0 unspecified atom stereocenters. The number of anilines is 1. The van der Waals surface area contributed by atoms with Crippen molar-refractivity contribution in [1.82, 2.24) is 0 Å². The van der Waals surface area contributed by atoms with Gasteiger partial charge in [0.1, 0.15) is 5.71 Å². The Bertz CT molecular complexity index is 543. The highest BCUT2D eigenvalue weighted by atomic mass is 79.9. The number of rotatable bonds is 4. The van der Waals surface area contributed by atoms with Crippen LogP contribution in [0.25, 0.3) is 0 Å². The number of hydrogen-bond donors (Lipinski definition) is 1. The van der Waals surface area contributed by atoms with Crippen molar-refractivity contribution in [2.45, 2.75) is 6.92 Å². The molecule has 1 aromatic carbocycles. The van der Waals surface area contributed by atoms with Crippen LogP contribution in [0.1, 0.15) is 17.3 Å². The van der Waals surface area contributed by atoms with Gasteiger partial charge in [0.05, 0.1) is 18.4 Å². The summed E-state index contributed by atoms with van der Waals surface area (Å²) in [5.41, 5.74) is 0.991. The number of methoxy groups -OCH3 is 1. The van der Waals surface area contributed by atoms with Crippen molar-refractivity contribution in [3.8, 4) is 0 Å². The zero-order chi connectivity index (χ0) is 14.6. The van der Waals surface area contributed by atoms with Crippen LogP contribution in [-0.2, 0) is 9.53 Å². The van der Waals surface area contributed by atoms with E-state index in [1.54, 1.807) is 13.1 Å². The average molecular weight is 329 g/mol. The lowest BCUT2D eigenvalue weighted by molar-refractivity contribution is -0.132. The van der Waals surface area contributed by atoms with Gasteiger partial charge >= 0.3 is 11.9 Å². The summed E-state index contributed by atoms with van der Waals surface area (Å²) in [7, 11) is 2.92. The topological polar surface area (TPSA) is 79.2 Å². The first-order valence-electron chi connectivity index (χ1n) is 5.27. The lowest BCUT2D eigenvalue weighted by Crippen LogP contribution is -2.19. The van der Waals surface area contributed by atoms with E-state index < -0.39 is 11.9 Å². The molecule has 0 aromatic heterocycles. The molecular weight excluding hydrogens is 316 g/mol. The van der Waals surface area contributed by atoms with Gasteiger partial charge in [-0.1, -0.05) is 0 Å². The van der Waals surface area contributed by atoms with Gasteiger partial charge in [0.25, 0.3) is 0 Å². The lowest BCUT2D eigenvalue weighted by atomic mass is 10.2. The fraction of sp³-hybridized carbons (Fsp3) is 0.250. The van der Waals surface area contributed by atoms with E-state index in [1.807, 2.05) is 0 Å². The van der Waals surface area contributed by atoms with Crippen molar-refractivity contribution >= 4 is 39.3 Å². The summed E-state index contributed by atoms with van der Waals surface area (Å²) in [5, 5.41) is 14.4. The van der Waals surface area contributed by atoms with Crippen molar-refractivity contribution in [1.29, 1.82) is 0 Å². The second-order valence-corrected chi connectivity index (χ2v) is 4.53. The molecule has 1 aromatic rings. The number of carboxylic acids is 1. The molecule has 0 aliphatic rings. The highest BCUT2D eigenvalue weighted by Crippen LogP contribution is 2.26. The number of carbonyl (C=O) groups is 2. The summed E-state index contributed by atoms with van der Waals surface area (Å²) in [6, 6.07) is 4.53. The maximum absolute atomic E-state index is 11.2. The first-order valence-corrected chi connectivity index (χ1v) is 6.06. The second-order valence-electron chi connectivity index (χ2n) is 3.67. The Balaban J connectivity index is 3.04. The monoisotopic (exact) mass is 328 g/mol. The standard InChI is InChI=1S/C12H13BrN2O4/c1-7(12(18)19-3)14-15(2)10-5-4-8(11(16)17)6-9(10)13/h4-6H,1-3H3,(H,16,17). The summed E-state index contributed by atoms with van der Waals surface area (Å²) >= 11 is 3.27. The van der Waals surface area contributed by atoms with Gasteiger partial charge in [0.15, 0.2) is 0 Å². The zero-order valence-corrected chi connectivity index (χ0v) is 12.3. The number of hydrazone groups is 1. The van der Waals surface area contributed by atoms with Gasteiger partial charge in [-0.05, 0) is 41.1 Å². The van der Waals surface area contributed by atoms with Crippen molar-refractivity contribution < 1.29 is 19.4 Å². The Morgan fingerprint density at radius 2 is 2.05 bits per heavy atom. The van der Waals surface area contributed by atoms with Crippen LogP contribution in [0, 0.1) is 0 Å². The number of esters is 1. The normalized spacial score (nSPS) is 11.1. The molecule has 0 bridgehead atoms. The molecule has 6 nitrogen and oxygen atoms in total. The number of carbonyl (C=O) groups excluding carboxylic acids is 1. The summed E-state index contributed by atoms with van der Waals surface area (Å²) in [6.07, 6.45) is 0. The third-order valence-corrected chi connectivity index (χ3v) is 2.96. The van der Waals surface area contributed by atoms with Gasteiger partial charge < -0.3 is 9.84 Å². The zero-order valence-electron chi connectivity index (χ0n) is 10.7. The molecule has 7 heteroatoms. The molecular formula is C12H13BrN2O4. The predicted molar refractivity (Wildman–Crippen MR) is 74.6 cm³/mol. The van der Waals surface area contributed by atoms with Gasteiger partial charge in [-0.3, -0.25) is 5.01 Å². The number of ether oxygens (including phenoxy) is 1. The van der Waals surface area contributed by atoms with E-state index in [0.29, 0.717) is 10.2 Å². The second kappa shape index (κ2) is 6.33. The van der Waals surface area contributed by atoms with Crippen LogP contribution in [0.5, 0.6) is 0 Å².